The van der Waals surface area contributed by atoms with Gasteiger partial charge < -0.3 is 24.0 Å². The number of carbonyl (C=O) groups is 2. The van der Waals surface area contributed by atoms with Crippen molar-refractivity contribution < 1.29 is 14.3 Å². The number of rotatable bonds is 8. The van der Waals surface area contributed by atoms with E-state index >= 15 is 0 Å². The van der Waals surface area contributed by atoms with Crippen molar-refractivity contribution in [2.75, 3.05) is 40.9 Å². The molecule has 0 bridgehead atoms. The molecule has 7 heteroatoms. The van der Waals surface area contributed by atoms with Gasteiger partial charge in [0, 0.05) is 52.7 Å². The highest BCUT2D eigenvalue weighted by molar-refractivity contribution is 5.84. The number of hydrogen-bond acceptors (Lipinski definition) is 3. The van der Waals surface area contributed by atoms with Crippen LogP contribution in [0.15, 0.2) is 18.3 Å². The van der Waals surface area contributed by atoms with Gasteiger partial charge in [-0.2, -0.15) is 0 Å². The summed E-state index contributed by atoms with van der Waals surface area (Å²) < 4.78 is 7.09. The first-order valence-electron chi connectivity index (χ1n) is 8.29. The maximum absolute atomic E-state index is 12.8. The average molecular weight is 336 g/mol. The Kier molecular flexibility index (Phi) is 6.25. The molecular weight excluding hydrogens is 308 g/mol. The Hall–Kier alpha value is -2.02. The Balaban J connectivity index is 2.04. The van der Waals surface area contributed by atoms with Crippen LogP contribution in [-0.4, -0.2) is 78.1 Å². The topological polar surface area (TPSA) is 58.0 Å². The van der Waals surface area contributed by atoms with Crippen LogP contribution in [0.4, 0.5) is 4.79 Å². The first-order chi connectivity index (χ1) is 11.4. The lowest BCUT2D eigenvalue weighted by atomic mass is 10.3. The third-order valence-corrected chi connectivity index (χ3v) is 4.24. The van der Waals surface area contributed by atoms with Crippen LogP contribution >= 0.6 is 0 Å². The van der Waals surface area contributed by atoms with Gasteiger partial charge in [0.05, 0.1) is 13.2 Å². The highest BCUT2D eigenvalue weighted by Gasteiger charge is 2.34. The largest absolute Gasteiger partial charge is 0.383 e. The maximum Gasteiger partial charge on any atom is 0.320 e. The summed E-state index contributed by atoms with van der Waals surface area (Å²) in [5.41, 5.74) is 1.10. The predicted molar refractivity (Wildman–Crippen MR) is 91.5 cm³/mol. The molecule has 1 aliphatic rings. The number of aromatic nitrogens is 1. The number of methoxy groups -OCH3 is 1. The van der Waals surface area contributed by atoms with Gasteiger partial charge in [-0.15, -0.1) is 0 Å². The average Bonchev–Trinajstić information content (AvgIpc) is 3.31. The van der Waals surface area contributed by atoms with E-state index in [1.165, 1.54) is 4.90 Å². The lowest BCUT2D eigenvalue weighted by molar-refractivity contribution is -0.133. The minimum atomic E-state index is -0.171. The van der Waals surface area contributed by atoms with E-state index in [-0.39, 0.29) is 18.5 Å². The van der Waals surface area contributed by atoms with Crippen molar-refractivity contribution in [3.8, 4) is 0 Å². The molecule has 0 unspecified atom stereocenters. The zero-order valence-electron chi connectivity index (χ0n) is 15.1. The van der Waals surface area contributed by atoms with E-state index < -0.39 is 0 Å². The highest BCUT2D eigenvalue weighted by atomic mass is 16.5. The van der Waals surface area contributed by atoms with E-state index in [4.69, 9.17) is 4.74 Å². The molecular formula is C17H28N4O3. The molecule has 0 aliphatic heterocycles. The van der Waals surface area contributed by atoms with Crippen LogP contribution in [0.1, 0.15) is 18.5 Å². The van der Waals surface area contributed by atoms with Crippen molar-refractivity contribution in [3.05, 3.63) is 24.0 Å². The van der Waals surface area contributed by atoms with Crippen molar-refractivity contribution in [1.29, 1.82) is 0 Å². The van der Waals surface area contributed by atoms with Crippen LogP contribution in [0, 0.1) is 0 Å². The Labute approximate surface area is 143 Å². The number of carbonyl (C=O) groups excluding carboxylic acids is 2. The first kappa shape index (κ1) is 18.3. The van der Waals surface area contributed by atoms with Gasteiger partial charge in [0.25, 0.3) is 0 Å². The van der Waals surface area contributed by atoms with Crippen LogP contribution in [0.25, 0.3) is 0 Å². The van der Waals surface area contributed by atoms with Gasteiger partial charge in [0.15, 0.2) is 0 Å². The van der Waals surface area contributed by atoms with Crippen molar-refractivity contribution in [3.63, 3.8) is 0 Å². The summed E-state index contributed by atoms with van der Waals surface area (Å²) in [4.78, 5) is 30.0. The van der Waals surface area contributed by atoms with Crippen LogP contribution in [0.2, 0.25) is 0 Å². The van der Waals surface area contributed by atoms with Crippen LogP contribution < -0.4 is 0 Å². The fourth-order valence-electron chi connectivity index (χ4n) is 2.62. The van der Waals surface area contributed by atoms with Gasteiger partial charge in [-0.25, -0.2) is 4.79 Å². The third kappa shape index (κ3) is 4.74. The van der Waals surface area contributed by atoms with Gasteiger partial charge in [0.2, 0.25) is 5.91 Å². The standard InChI is InChI=1S/C17H28N4O3/c1-18(2)17(23)20(10-11-24-4)13-16(22)21(14-7-8-14)12-15-6-5-9-19(15)3/h5-6,9,14H,7-8,10-13H2,1-4H3. The number of aryl methyl sites for hydroxylation is 1. The minimum absolute atomic E-state index is 0.00926. The minimum Gasteiger partial charge on any atom is -0.383 e. The molecule has 0 atom stereocenters. The number of ether oxygens (including phenoxy) is 1. The van der Waals surface area contributed by atoms with E-state index in [0.29, 0.717) is 25.7 Å². The number of amides is 3. The predicted octanol–water partition coefficient (Wildman–Crippen LogP) is 1.15. The maximum atomic E-state index is 12.8. The lowest BCUT2D eigenvalue weighted by Gasteiger charge is -2.29. The Morgan fingerprint density at radius 1 is 1.33 bits per heavy atom. The second-order valence-corrected chi connectivity index (χ2v) is 6.45. The normalized spacial score (nSPS) is 13.7. The Bertz CT molecular complexity index is 566. The molecule has 1 heterocycles. The monoisotopic (exact) mass is 336 g/mol. The summed E-state index contributed by atoms with van der Waals surface area (Å²) in [6.45, 7) is 1.48. The number of urea groups is 1. The van der Waals surface area contributed by atoms with Crippen LogP contribution in [-0.2, 0) is 23.1 Å². The molecule has 1 aliphatic carbocycles. The number of nitrogens with zero attached hydrogens (tertiary/aromatic N) is 4. The van der Waals surface area contributed by atoms with Crippen molar-refractivity contribution in [2.24, 2.45) is 7.05 Å². The Morgan fingerprint density at radius 3 is 2.54 bits per heavy atom. The zero-order chi connectivity index (χ0) is 17.7. The zero-order valence-corrected chi connectivity index (χ0v) is 15.1. The lowest BCUT2D eigenvalue weighted by Crippen LogP contribution is -2.47. The summed E-state index contributed by atoms with van der Waals surface area (Å²) in [6.07, 6.45) is 4.05. The molecule has 1 saturated carbocycles. The van der Waals surface area contributed by atoms with Crippen molar-refractivity contribution in [2.45, 2.75) is 25.4 Å². The molecule has 1 aromatic rings. The van der Waals surface area contributed by atoms with Gasteiger partial charge in [-0.1, -0.05) is 0 Å². The van der Waals surface area contributed by atoms with Gasteiger partial charge in [-0.05, 0) is 25.0 Å². The van der Waals surface area contributed by atoms with Gasteiger partial charge in [-0.3, -0.25) is 4.79 Å². The van der Waals surface area contributed by atoms with Gasteiger partial charge in [0.1, 0.15) is 6.54 Å². The van der Waals surface area contributed by atoms with Crippen LogP contribution in [0.5, 0.6) is 0 Å². The summed E-state index contributed by atoms with van der Waals surface area (Å²) in [5.74, 6) is -0.00926. The van der Waals surface area contributed by atoms with Gasteiger partial charge >= 0.3 is 6.03 Å². The fourth-order valence-corrected chi connectivity index (χ4v) is 2.62. The van der Waals surface area contributed by atoms with Crippen LogP contribution in [0.3, 0.4) is 0 Å². The van der Waals surface area contributed by atoms with E-state index in [2.05, 4.69) is 0 Å². The molecule has 7 nitrogen and oxygen atoms in total. The second kappa shape index (κ2) is 8.19. The second-order valence-electron chi connectivity index (χ2n) is 6.45. The van der Waals surface area contributed by atoms with Crippen molar-refractivity contribution >= 4 is 11.9 Å². The molecule has 1 aromatic heterocycles. The summed E-state index contributed by atoms with van der Waals surface area (Å²) >= 11 is 0. The number of hydrogen-bond donors (Lipinski definition) is 0. The van der Waals surface area contributed by atoms with E-state index in [0.717, 1.165) is 18.5 Å². The summed E-state index contributed by atoms with van der Waals surface area (Å²) in [7, 11) is 6.95. The molecule has 0 saturated heterocycles. The molecule has 24 heavy (non-hydrogen) atoms. The molecule has 0 N–H and O–H groups in total. The van der Waals surface area contributed by atoms with E-state index in [1.54, 1.807) is 26.1 Å². The Morgan fingerprint density at radius 2 is 2.04 bits per heavy atom. The fraction of sp³-hybridized carbons (Fsp3) is 0.647. The molecule has 0 spiro atoms. The summed E-state index contributed by atoms with van der Waals surface area (Å²) in [6, 6.07) is 4.13. The summed E-state index contributed by atoms with van der Waals surface area (Å²) in [5, 5.41) is 0. The first-order valence-corrected chi connectivity index (χ1v) is 8.29. The van der Waals surface area contributed by atoms with Crippen molar-refractivity contribution in [1.82, 2.24) is 19.3 Å². The SMILES string of the molecule is COCCN(CC(=O)N(Cc1cccn1C)C1CC1)C(=O)N(C)C. The molecule has 1 fully saturated rings. The van der Waals surface area contributed by atoms with E-state index in [1.807, 2.05) is 34.8 Å². The van der Waals surface area contributed by atoms with E-state index in [9.17, 15) is 9.59 Å². The molecule has 134 valence electrons. The quantitative estimate of drug-likeness (QED) is 0.715. The highest BCUT2D eigenvalue weighted by Crippen LogP contribution is 2.28. The molecule has 0 radical (unpaired) electrons. The molecule has 0 aromatic carbocycles. The third-order valence-electron chi connectivity index (χ3n) is 4.24. The molecule has 3 amide bonds. The molecule has 2 rings (SSSR count). The smallest absolute Gasteiger partial charge is 0.320 e.